The second-order valence-electron chi connectivity index (χ2n) is 8.01. The molecule has 0 fully saturated rings. The predicted octanol–water partition coefficient (Wildman–Crippen LogP) is 4.75. The highest BCUT2D eigenvalue weighted by atomic mass is 32.2. The highest BCUT2D eigenvalue weighted by Crippen LogP contribution is 2.22. The maximum atomic E-state index is 12.5. The van der Waals surface area contributed by atoms with Crippen LogP contribution in [0.1, 0.15) is 46.8 Å². The van der Waals surface area contributed by atoms with Crippen molar-refractivity contribution >= 4 is 21.6 Å². The minimum Gasteiger partial charge on any atom is -0.351 e. The van der Waals surface area contributed by atoms with Crippen LogP contribution in [0.5, 0.6) is 0 Å². The van der Waals surface area contributed by atoms with E-state index >= 15 is 0 Å². The number of carbonyl (C=O) groups is 1. The number of benzene rings is 3. The van der Waals surface area contributed by atoms with Crippen LogP contribution in [0.25, 0.3) is 0 Å². The third kappa shape index (κ3) is 6.20. The second kappa shape index (κ2) is 10.5. The standard InChI is InChI=1S/C26H30N2O3S/c1-4-21-12-16-25(17-13-21)28(32(3,30)31)19-22-10-14-24(15-11-22)26(29)27-18-20(2)23-8-6-5-7-9-23/h5-17,20H,4,18-19H2,1-3H3,(H,27,29)/t20-/m1/s1. The van der Waals surface area contributed by atoms with Gasteiger partial charge in [0.25, 0.3) is 5.91 Å². The molecule has 1 amide bonds. The number of hydrogen-bond donors (Lipinski definition) is 1. The van der Waals surface area contributed by atoms with Crippen LogP contribution in [0.15, 0.2) is 78.9 Å². The van der Waals surface area contributed by atoms with Crippen LogP contribution >= 0.6 is 0 Å². The van der Waals surface area contributed by atoms with Crippen molar-refractivity contribution in [3.63, 3.8) is 0 Å². The van der Waals surface area contributed by atoms with Gasteiger partial charge in [-0.3, -0.25) is 9.10 Å². The first-order valence-corrected chi connectivity index (χ1v) is 12.6. The van der Waals surface area contributed by atoms with Gasteiger partial charge >= 0.3 is 0 Å². The molecule has 0 saturated heterocycles. The molecule has 0 spiro atoms. The van der Waals surface area contributed by atoms with Crippen molar-refractivity contribution in [3.8, 4) is 0 Å². The Bertz CT molecular complexity index is 1130. The Morgan fingerprint density at radius 1 is 0.906 bits per heavy atom. The Hall–Kier alpha value is -3.12. The lowest BCUT2D eigenvalue weighted by Gasteiger charge is -2.23. The van der Waals surface area contributed by atoms with Gasteiger partial charge in [-0.05, 0) is 53.3 Å². The van der Waals surface area contributed by atoms with E-state index in [0.29, 0.717) is 17.8 Å². The lowest BCUT2D eigenvalue weighted by Crippen LogP contribution is -2.29. The number of rotatable bonds is 9. The van der Waals surface area contributed by atoms with Gasteiger partial charge in [0.1, 0.15) is 0 Å². The van der Waals surface area contributed by atoms with Gasteiger partial charge in [0.2, 0.25) is 10.0 Å². The number of nitrogens with zero attached hydrogens (tertiary/aromatic N) is 1. The molecule has 3 aromatic carbocycles. The van der Waals surface area contributed by atoms with Crippen LogP contribution in [-0.4, -0.2) is 27.1 Å². The fraction of sp³-hybridized carbons (Fsp3) is 0.269. The van der Waals surface area contributed by atoms with Gasteiger partial charge in [-0.15, -0.1) is 0 Å². The van der Waals surface area contributed by atoms with Crippen molar-refractivity contribution in [2.75, 3.05) is 17.1 Å². The lowest BCUT2D eigenvalue weighted by atomic mass is 10.0. The molecule has 5 nitrogen and oxygen atoms in total. The quantitative estimate of drug-likeness (QED) is 0.512. The van der Waals surface area contributed by atoms with E-state index in [1.54, 1.807) is 24.3 Å². The Morgan fingerprint density at radius 3 is 2.06 bits per heavy atom. The van der Waals surface area contributed by atoms with E-state index in [0.717, 1.165) is 17.5 Å². The van der Waals surface area contributed by atoms with Crippen LogP contribution in [-0.2, 0) is 23.0 Å². The molecule has 0 unspecified atom stereocenters. The SMILES string of the molecule is CCc1ccc(N(Cc2ccc(C(=O)NC[C@@H](C)c3ccccc3)cc2)S(C)(=O)=O)cc1. The summed E-state index contributed by atoms with van der Waals surface area (Å²) < 4.78 is 26.2. The van der Waals surface area contributed by atoms with Gasteiger partial charge in [-0.25, -0.2) is 8.42 Å². The molecule has 0 aliphatic rings. The lowest BCUT2D eigenvalue weighted by molar-refractivity contribution is 0.0951. The minimum atomic E-state index is -3.45. The molecule has 0 aliphatic carbocycles. The topological polar surface area (TPSA) is 66.5 Å². The number of carbonyl (C=O) groups excluding carboxylic acids is 1. The number of nitrogens with one attached hydrogen (secondary N) is 1. The van der Waals surface area contributed by atoms with Crippen LogP contribution in [0, 0.1) is 0 Å². The summed E-state index contributed by atoms with van der Waals surface area (Å²) in [5.74, 6) is 0.0660. The maximum absolute atomic E-state index is 12.5. The number of amides is 1. The van der Waals surface area contributed by atoms with Crippen molar-refractivity contribution < 1.29 is 13.2 Å². The largest absolute Gasteiger partial charge is 0.351 e. The smallest absolute Gasteiger partial charge is 0.251 e. The third-order valence-corrected chi connectivity index (χ3v) is 6.65. The minimum absolute atomic E-state index is 0.144. The van der Waals surface area contributed by atoms with Gasteiger partial charge in [0.15, 0.2) is 0 Å². The summed E-state index contributed by atoms with van der Waals surface area (Å²) in [5.41, 5.74) is 4.31. The fourth-order valence-corrected chi connectivity index (χ4v) is 4.36. The van der Waals surface area contributed by atoms with E-state index in [4.69, 9.17) is 0 Å². The summed E-state index contributed by atoms with van der Waals surface area (Å²) in [6.45, 7) is 4.88. The molecular weight excluding hydrogens is 420 g/mol. The third-order valence-electron chi connectivity index (χ3n) is 5.51. The van der Waals surface area contributed by atoms with Crippen molar-refractivity contribution in [1.82, 2.24) is 5.32 Å². The predicted molar refractivity (Wildman–Crippen MR) is 130 cm³/mol. The summed E-state index contributed by atoms with van der Waals surface area (Å²) in [7, 11) is -3.45. The average molecular weight is 451 g/mol. The van der Waals surface area contributed by atoms with Crippen LogP contribution in [0.2, 0.25) is 0 Å². The molecule has 0 bridgehead atoms. The molecule has 0 radical (unpaired) electrons. The summed E-state index contributed by atoms with van der Waals surface area (Å²) >= 11 is 0. The van der Waals surface area contributed by atoms with Crippen LogP contribution < -0.4 is 9.62 Å². The van der Waals surface area contributed by atoms with Gasteiger partial charge in [-0.1, -0.05) is 68.4 Å². The van der Waals surface area contributed by atoms with E-state index in [-0.39, 0.29) is 18.4 Å². The van der Waals surface area contributed by atoms with Crippen molar-refractivity contribution in [1.29, 1.82) is 0 Å². The summed E-state index contributed by atoms with van der Waals surface area (Å²) in [4.78, 5) is 12.5. The van der Waals surface area contributed by atoms with Gasteiger partial charge in [-0.2, -0.15) is 0 Å². The van der Waals surface area contributed by atoms with Gasteiger partial charge < -0.3 is 5.32 Å². The molecule has 32 heavy (non-hydrogen) atoms. The molecule has 3 aromatic rings. The Morgan fingerprint density at radius 2 is 1.50 bits per heavy atom. The number of aryl methyl sites for hydroxylation is 1. The first-order valence-electron chi connectivity index (χ1n) is 10.8. The second-order valence-corrected chi connectivity index (χ2v) is 9.92. The number of hydrogen-bond acceptors (Lipinski definition) is 3. The molecular formula is C26H30N2O3S. The summed E-state index contributed by atoms with van der Waals surface area (Å²) in [6, 6.07) is 24.7. The van der Waals surface area contributed by atoms with Crippen molar-refractivity contribution in [2.45, 2.75) is 32.7 Å². The van der Waals surface area contributed by atoms with Crippen molar-refractivity contribution in [2.24, 2.45) is 0 Å². The molecule has 1 N–H and O–H groups in total. The fourth-order valence-electron chi connectivity index (χ4n) is 3.47. The zero-order valence-electron chi connectivity index (χ0n) is 18.8. The zero-order chi connectivity index (χ0) is 23.1. The number of sulfonamides is 1. The van der Waals surface area contributed by atoms with E-state index in [1.807, 2.05) is 42.5 Å². The average Bonchev–Trinajstić information content (AvgIpc) is 2.81. The molecule has 168 valence electrons. The number of anilines is 1. The first-order chi connectivity index (χ1) is 15.3. The van der Waals surface area contributed by atoms with Gasteiger partial charge in [0.05, 0.1) is 18.5 Å². The van der Waals surface area contributed by atoms with E-state index in [9.17, 15) is 13.2 Å². The molecule has 6 heteroatoms. The Labute approximate surface area is 191 Å². The first kappa shape index (κ1) is 23.5. The van der Waals surface area contributed by atoms with Crippen molar-refractivity contribution in [3.05, 3.63) is 101 Å². The highest BCUT2D eigenvalue weighted by molar-refractivity contribution is 7.92. The Kier molecular flexibility index (Phi) is 7.70. The normalized spacial score (nSPS) is 12.2. The maximum Gasteiger partial charge on any atom is 0.251 e. The summed E-state index contributed by atoms with van der Waals surface area (Å²) in [6.07, 6.45) is 2.10. The monoisotopic (exact) mass is 450 g/mol. The van der Waals surface area contributed by atoms with Crippen LogP contribution in [0.4, 0.5) is 5.69 Å². The highest BCUT2D eigenvalue weighted by Gasteiger charge is 2.18. The molecule has 0 heterocycles. The van der Waals surface area contributed by atoms with Crippen LogP contribution in [0.3, 0.4) is 0 Å². The van der Waals surface area contributed by atoms with E-state index < -0.39 is 10.0 Å². The molecule has 0 aromatic heterocycles. The molecule has 0 aliphatic heterocycles. The van der Waals surface area contributed by atoms with E-state index in [2.05, 4.69) is 31.3 Å². The summed E-state index contributed by atoms with van der Waals surface area (Å²) in [5, 5.41) is 2.97. The molecule has 0 saturated carbocycles. The van der Waals surface area contributed by atoms with E-state index in [1.165, 1.54) is 16.1 Å². The molecule has 1 atom stereocenters. The Balaban J connectivity index is 1.66. The zero-order valence-corrected chi connectivity index (χ0v) is 19.6. The molecule has 3 rings (SSSR count). The van der Waals surface area contributed by atoms with Gasteiger partial charge in [0, 0.05) is 12.1 Å².